The lowest BCUT2D eigenvalue weighted by Gasteiger charge is -2.17. The van der Waals surface area contributed by atoms with E-state index in [0.29, 0.717) is 5.56 Å². The number of hydrogen-bond acceptors (Lipinski definition) is 4. The molecule has 5 heteroatoms. The quantitative estimate of drug-likeness (QED) is 0.723. The molecule has 4 nitrogen and oxygen atoms in total. The van der Waals surface area contributed by atoms with Gasteiger partial charge in [0.15, 0.2) is 17.3 Å². The Bertz CT molecular complexity index is 382. The number of aryl methyl sites for hydroxylation is 1. The van der Waals surface area contributed by atoms with Gasteiger partial charge in [0.2, 0.25) is 0 Å². The molecule has 0 saturated heterocycles. The molecule has 90 valence electrons. The van der Waals surface area contributed by atoms with Gasteiger partial charge in [-0.05, 0) is 25.6 Å². The molecule has 1 atom stereocenters. The average Bonchev–Trinajstić information content (AvgIpc) is 2.17. The second-order valence-corrected chi connectivity index (χ2v) is 3.54. The van der Waals surface area contributed by atoms with Crippen LogP contribution in [-0.4, -0.2) is 30.9 Å². The van der Waals surface area contributed by atoms with Gasteiger partial charge in [-0.2, -0.15) is 0 Å². The van der Waals surface area contributed by atoms with E-state index >= 15 is 0 Å². The van der Waals surface area contributed by atoms with E-state index in [2.05, 4.69) is 5.32 Å². The van der Waals surface area contributed by atoms with Gasteiger partial charge in [0, 0.05) is 12.1 Å². The second-order valence-electron chi connectivity index (χ2n) is 3.54. The van der Waals surface area contributed by atoms with Crippen molar-refractivity contribution in [2.45, 2.75) is 13.0 Å². The van der Waals surface area contributed by atoms with Gasteiger partial charge < -0.3 is 20.3 Å². The van der Waals surface area contributed by atoms with Crippen molar-refractivity contribution in [2.75, 3.05) is 20.7 Å². The highest BCUT2D eigenvalue weighted by molar-refractivity contribution is 5.51. The minimum absolute atomic E-state index is 0.240. The number of phenols is 1. The molecular formula is C11H16FNO3. The number of halogens is 1. The summed E-state index contributed by atoms with van der Waals surface area (Å²) in [6.07, 6.45) is -0.903. The highest BCUT2D eigenvalue weighted by Gasteiger charge is 2.21. The Balaban J connectivity index is 3.27. The zero-order chi connectivity index (χ0) is 12.3. The number of hydrogen-bond donors (Lipinski definition) is 3. The van der Waals surface area contributed by atoms with E-state index in [0.717, 1.165) is 0 Å². The lowest BCUT2D eigenvalue weighted by molar-refractivity contribution is 0.171. The third-order valence-corrected chi connectivity index (χ3v) is 2.39. The zero-order valence-corrected chi connectivity index (χ0v) is 9.54. The number of aliphatic hydroxyl groups excluding tert-OH is 1. The van der Waals surface area contributed by atoms with Crippen LogP contribution >= 0.6 is 0 Å². The van der Waals surface area contributed by atoms with Crippen molar-refractivity contribution in [3.63, 3.8) is 0 Å². The fourth-order valence-corrected chi connectivity index (χ4v) is 1.67. The summed E-state index contributed by atoms with van der Waals surface area (Å²) < 4.78 is 18.1. The Hall–Kier alpha value is -1.33. The van der Waals surface area contributed by atoms with Crippen molar-refractivity contribution in [1.82, 2.24) is 5.32 Å². The second kappa shape index (κ2) is 5.14. The first kappa shape index (κ1) is 12.7. The molecule has 3 N–H and O–H groups in total. The zero-order valence-electron chi connectivity index (χ0n) is 9.54. The number of benzene rings is 1. The number of aromatic hydroxyl groups is 1. The summed E-state index contributed by atoms with van der Waals surface area (Å²) >= 11 is 0. The van der Waals surface area contributed by atoms with Crippen LogP contribution in [0.4, 0.5) is 4.39 Å². The Morgan fingerprint density at radius 2 is 2.19 bits per heavy atom. The molecule has 1 unspecified atom stereocenters. The molecule has 0 bridgehead atoms. The molecule has 0 aliphatic carbocycles. The van der Waals surface area contributed by atoms with Crippen LogP contribution in [0.15, 0.2) is 6.07 Å². The van der Waals surface area contributed by atoms with Crippen molar-refractivity contribution < 1.29 is 19.3 Å². The summed E-state index contributed by atoms with van der Waals surface area (Å²) in [4.78, 5) is 0. The average molecular weight is 229 g/mol. The maximum Gasteiger partial charge on any atom is 0.196 e. The summed E-state index contributed by atoms with van der Waals surface area (Å²) in [5.41, 5.74) is 0.770. The van der Waals surface area contributed by atoms with Crippen LogP contribution in [0.3, 0.4) is 0 Å². The molecule has 0 aliphatic heterocycles. The first-order valence-electron chi connectivity index (χ1n) is 4.91. The number of phenolic OH excluding ortho intramolecular Hbond substituents is 1. The summed E-state index contributed by atoms with van der Waals surface area (Å²) in [5, 5.41) is 22.4. The van der Waals surface area contributed by atoms with Crippen LogP contribution in [0.1, 0.15) is 17.2 Å². The Morgan fingerprint density at radius 1 is 1.56 bits per heavy atom. The largest absolute Gasteiger partial charge is 0.504 e. The first-order valence-corrected chi connectivity index (χ1v) is 4.91. The number of rotatable bonds is 4. The van der Waals surface area contributed by atoms with E-state index in [1.165, 1.54) is 13.2 Å². The van der Waals surface area contributed by atoms with Crippen LogP contribution in [0.2, 0.25) is 0 Å². The summed E-state index contributed by atoms with van der Waals surface area (Å²) in [6, 6.07) is 1.23. The van der Waals surface area contributed by atoms with Crippen LogP contribution in [0.25, 0.3) is 0 Å². The highest BCUT2D eigenvalue weighted by Crippen LogP contribution is 2.38. The number of methoxy groups -OCH3 is 1. The van der Waals surface area contributed by atoms with Gasteiger partial charge in [0.1, 0.15) is 0 Å². The minimum Gasteiger partial charge on any atom is -0.504 e. The van der Waals surface area contributed by atoms with Crippen LogP contribution in [0.5, 0.6) is 11.5 Å². The molecule has 0 fully saturated rings. The van der Waals surface area contributed by atoms with Gasteiger partial charge in [0.05, 0.1) is 13.2 Å². The maximum absolute atomic E-state index is 13.4. The fourth-order valence-electron chi connectivity index (χ4n) is 1.67. The molecule has 0 aromatic heterocycles. The summed E-state index contributed by atoms with van der Waals surface area (Å²) in [7, 11) is 2.94. The molecule has 1 aromatic rings. The molecule has 1 aromatic carbocycles. The summed E-state index contributed by atoms with van der Waals surface area (Å²) in [6.45, 7) is 1.89. The van der Waals surface area contributed by atoms with Gasteiger partial charge in [-0.25, -0.2) is 4.39 Å². The highest BCUT2D eigenvalue weighted by atomic mass is 19.1. The molecule has 0 spiro atoms. The lowest BCUT2D eigenvalue weighted by atomic mass is 10.0. The fraction of sp³-hybridized carbons (Fsp3) is 0.455. The molecule has 0 amide bonds. The van der Waals surface area contributed by atoms with E-state index < -0.39 is 11.9 Å². The Morgan fingerprint density at radius 3 is 2.69 bits per heavy atom. The maximum atomic E-state index is 13.4. The van der Waals surface area contributed by atoms with E-state index in [4.69, 9.17) is 4.74 Å². The molecule has 0 radical (unpaired) electrons. The summed E-state index contributed by atoms with van der Waals surface area (Å²) in [5.74, 6) is -1.23. The molecular weight excluding hydrogens is 213 g/mol. The standard InChI is InChI=1S/C11H16FNO3/c1-6-4-7(12)11(16-3)10(15)9(6)8(14)5-13-2/h4,8,13-15H,5H2,1-3H3. The molecule has 0 aliphatic rings. The number of ether oxygens (including phenoxy) is 1. The van der Waals surface area contributed by atoms with Gasteiger partial charge in [-0.3, -0.25) is 0 Å². The van der Waals surface area contributed by atoms with Crippen molar-refractivity contribution in [1.29, 1.82) is 0 Å². The van der Waals surface area contributed by atoms with E-state index in [1.54, 1.807) is 14.0 Å². The van der Waals surface area contributed by atoms with Crippen LogP contribution in [-0.2, 0) is 0 Å². The van der Waals surface area contributed by atoms with Crippen molar-refractivity contribution in [2.24, 2.45) is 0 Å². The number of likely N-dealkylation sites (N-methyl/N-ethyl adjacent to an activating group) is 1. The Labute approximate surface area is 93.7 Å². The Kier molecular flexibility index (Phi) is 4.09. The van der Waals surface area contributed by atoms with Gasteiger partial charge in [-0.15, -0.1) is 0 Å². The van der Waals surface area contributed by atoms with Gasteiger partial charge >= 0.3 is 0 Å². The van der Waals surface area contributed by atoms with Crippen LogP contribution < -0.4 is 10.1 Å². The smallest absolute Gasteiger partial charge is 0.196 e. The van der Waals surface area contributed by atoms with Crippen molar-refractivity contribution in [3.8, 4) is 11.5 Å². The van der Waals surface area contributed by atoms with Gasteiger partial charge in [0.25, 0.3) is 0 Å². The van der Waals surface area contributed by atoms with E-state index in [1.807, 2.05) is 0 Å². The SMILES string of the molecule is CNCC(O)c1c(C)cc(F)c(OC)c1O. The van der Waals surface area contributed by atoms with Gasteiger partial charge in [-0.1, -0.05) is 0 Å². The molecule has 0 heterocycles. The van der Waals surface area contributed by atoms with E-state index in [9.17, 15) is 14.6 Å². The number of nitrogens with one attached hydrogen (secondary N) is 1. The third kappa shape index (κ3) is 2.25. The monoisotopic (exact) mass is 229 g/mol. The first-order chi connectivity index (χ1) is 7.52. The normalized spacial score (nSPS) is 12.6. The van der Waals surface area contributed by atoms with E-state index in [-0.39, 0.29) is 23.6 Å². The molecule has 1 rings (SSSR count). The minimum atomic E-state index is -0.903. The lowest BCUT2D eigenvalue weighted by Crippen LogP contribution is -2.18. The number of aliphatic hydroxyl groups is 1. The molecule has 0 saturated carbocycles. The predicted octanol–water partition coefficient (Wildman–Crippen LogP) is 1.10. The van der Waals surface area contributed by atoms with Crippen LogP contribution in [0, 0.1) is 12.7 Å². The van der Waals surface area contributed by atoms with Crippen molar-refractivity contribution in [3.05, 3.63) is 23.0 Å². The topological polar surface area (TPSA) is 61.7 Å². The third-order valence-electron chi connectivity index (χ3n) is 2.39. The van der Waals surface area contributed by atoms with Crippen molar-refractivity contribution >= 4 is 0 Å². The molecule has 16 heavy (non-hydrogen) atoms. The predicted molar refractivity (Wildman–Crippen MR) is 58.2 cm³/mol.